The molecule has 2 aromatic rings. The third-order valence-electron chi connectivity index (χ3n) is 2.96. The van der Waals surface area contributed by atoms with E-state index in [1.54, 1.807) is 25.1 Å². The maximum absolute atomic E-state index is 10.7. The number of hydrogen-bond donors (Lipinski definition) is 2. The molecule has 0 aliphatic heterocycles. The van der Waals surface area contributed by atoms with E-state index in [0.29, 0.717) is 30.0 Å². The summed E-state index contributed by atoms with van der Waals surface area (Å²) < 4.78 is 4.56. The first-order valence-corrected chi connectivity index (χ1v) is 7.23. The fourth-order valence-electron chi connectivity index (χ4n) is 1.85. The normalized spacial score (nSPS) is 13.3. The topological polar surface area (TPSA) is 58.6 Å². The van der Waals surface area contributed by atoms with Crippen LogP contribution in [0.25, 0.3) is 0 Å². The third-order valence-corrected chi connectivity index (χ3v) is 3.42. The molecule has 1 atom stereocenters. The van der Waals surface area contributed by atoms with Crippen molar-refractivity contribution in [2.75, 3.05) is 5.32 Å². The summed E-state index contributed by atoms with van der Waals surface area (Å²) in [5.41, 5.74) is 2.17. The van der Waals surface area contributed by atoms with Crippen molar-refractivity contribution in [3.8, 4) is 5.75 Å². The van der Waals surface area contributed by atoms with Gasteiger partial charge in [-0.25, -0.2) is 0 Å². The van der Waals surface area contributed by atoms with Crippen LogP contribution >= 0.6 is 15.9 Å². The number of nitrogens with one attached hydrogen (secondary N) is 1. The number of amides is 1. The number of hydrogen-bond acceptors (Lipinski definition) is 3. The van der Waals surface area contributed by atoms with Gasteiger partial charge in [-0.1, -0.05) is 36.4 Å². The fraction of sp³-hybridized carbons (Fsp3) is 0.188. The summed E-state index contributed by atoms with van der Waals surface area (Å²) in [6, 6.07) is 14.9. The molecule has 2 aromatic carbocycles. The van der Waals surface area contributed by atoms with E-state index < -0.39 is 4.51 Å². The second-order valence-corrected chi connectivity index (χ2v) is 6.24. The molecule has 0 aliphatic carbocycles. The second kappa shape index (κ2) is 6.74. The summed E-state index contributed by atoms with van der Waals surface area (Å²) in [5.74, 6) is 0.548. The molecule has 4 nitrogen and oxygen atoms in total. The number of ether oxygens (including phenoxy) is 1. The molecule has 0 fully saturated rings. The molecule has 0 spiro atoms. The molecule has 0 radical (unpaired) electrons. The fourth-order valence-corrected chi connectivity index (χ4v) is 2.10. The molecule has 1 amide bonds. The molecule has 21 heavy (non-hydrogen) atoms. The van der Waals surface area contributed by atoms with Gasteiger partial charge in [-0.2, -0.15) is 0 Å². The van der Waals surface area contributed by atoms with Gasteiger partial charge in [-0.15, -0.1) is 0 Å². The molecule has 2 rings (SSSR count). The molecule has 0 heterocycles. The Balaban J connectivity index is 2.20. The zero-order valence-corrected chi connectivity index (χ0v) is 13.1. The van der Waals surface area contributed by atoms with E-state index in [0.717, 1.165) is 5.56 Å². The van der Waals surface area contributed by atoms with Gasteiger partial charge in [0.05, 0.1) is 5.69 Å². The van der Waals surface area contributed by atoms with Crippen LogP contribution in [-0.4, -0.2) is 11.5 Å². The van der Waals surface area contributed by atoms with Gasteiger partial charge in [0.25, 0.3) is 0 Å². The van der Waals surface area contributed by atoms with Crippen LogP contribution in [0.1, 0.15) is 18.1 Å². The molecule has 2 N–H and O–H groups in total. The van der Waals surface area contributed by atoms with Gasteiger partial charge in [0.15, 0.2) is 0 Å². The zero-order valence-electron chi connectivity index (χ0n) is 11.5. The van der Waals surface area contributed by atoms with Crippen molar-refractivity contribution in [3.63, 3.8) is 0 Å². The summed E-state index contributed by atoms with van der Waals surface area (Å²) >= 11 is 3.17. The highest BCUT2D eigenvalue weighted by atomic mass is 79.9. The van der Waals surface area contributed by atoms with Gasteiger partial charge in [0, 0.05) is 0 Å². The van der Waals surface area contributed by atoms with Crippen LogP contribution in [0.4, 0.5) is 5.69 Å². The molecule has 110 valence electrons. The molecule has 0 saturated carbocycles. The maximum atomic E-state index is 10.7. The van der Waals surface area contributed by atoms with Crippen LogP contribution in [0, 0.1) is 0 Å². The molecular formula is C16H16BrNO3. The molecule has 0 saturated heterocycles. The highest BCUT2D eigenvalue weighted by Gasteiger charge is 2.20. The van der Waals surface area contributed by atoms with E-state index in [1.807, 2.05) is 30.3 Å². The van der Waals surface area contributed by atoms with E-state index >= 15 is 0 Å². The summed E-state index contributed by atoms with van der Waals surface area (Å²) in [6.45, 7) is 2.01. The third kappa shape index (κ3) is 4.31. The van der Waals surface area contributed by atoms with Crippen LogP contribution < -0.4 is 10.1 Å². The quantitative estimate of drug-likeness (QED) is 0.620. The number of anilines is 1. The van der Waals surface area contributed by atoms with Crippen molar-refractivity contribution in [1.29, 1.82) is 0 Å². The predicted molar refractivity (Wildman–Crippen MR) is 85.4 cm³/mol. The Labute approximate surface area is 131 Å². The highest BCUT2D eigenvalue weighted by molar-refractivity contribution is 9.09. The monoisotopic (exact) mass is 349 g/mol. The number of rotatable bonds is 6. The standard InChI is InChI=1S/C16H16BrNO3/c1-16(17,20)13-7-8-15(14(9-13)18-11-19)21-10-12-5-3-2-4-6-12/h2-9,11,20H,10H2,1H3,(H,18,19). The average molecular weight is 350 g/mol. The lowest BCUT2D eigenvalue weighted by atomic mass is 10.1. The number of carbonyl (C=O) groups excluding carboxylic acids is 1. The van der Waals surface area contributed by atoms with Crippen LogP contribution in [0.5, 0.6) is 5.75 Å². The smallest absolute Gasteiger partial charge is 0.211 e. The molecule has 0 aromatic heterocycles. The van der Waals surface area contributed by atoms with E-state index in [9.17, 15) is 9.90 Å². The largest absolute Gasteiger partial charge is 0.487 e. The molecule has 0 bridgehead atoms. The SMILES string of the molecule is CC(O)(Br)c1ccc(OCc2ccccc2)c(NC=O)c1. The number of aliphatic hydroxyl groups is 1. The van der Waals surface area contributed by atoms with Gasteiger partial charge in [0.1, 0.15) is 16.9 Å². The lowest BCUT2D eigenvalue weighted by Crippen LogP contribution is -2.12. The molecule has 0 aliphatic rings. The van der Waals surface area contributed by atoms with E-state index in [1.165, 1.54) is 0 Å². The maximum Gasteiger partial charge on any atom is 0.211 e. The van der Waals surface area contributed by atoms with E-state index in [2.05, 4.69) is 21.2 Å². The Hall–Kier alpha value is -1.85. The first-order valence-electron chi connectivity index (χ1n) is 6.43. The average Bonchev–Trinajstić information content (AvgIpc) is 2.46. The van der Waals surface area contributed by atoms with E-state index in [-0.39, 0.29) is 0 Å². The summed E-state index contributed by atoms with van der Waals surface area (Å²) in [5, 5.41) is 12.5. The van der Waals surface area contributed by atoms with Crippen molar-refractivity contribution in [1.82, 2.24) is 0 Å². The Morgan fingerprint density at radius 2 is 2.00 bits per heavy atom. The van der Waals surface area contributed by atoms with Gasteiger partial charge >= 0.3 is 0 Å². The first-order chi connectivity index (χ1) is 10.0. The Kier molecular flexibility index (Phi) is 4.98. The summed E-state index contributed by atoms with van der Waals surface area (Å²) in [7, 11) is 0. The number of benzene rings is 2. The van der Waals surface area contributed by atoms with E-state index in [4.69, 9.17) is 4.74 Å². The number of carbonyl (C=O) groups is 1. The van der Waals surface area contributed by atoms with Crippen molar-refractivity contribution >= 4 is 28.0 Å². The van der Waals surface area contributed by atoms with Crippen molar-refractivity contribution in [2.24, 2.45) is 0 Å². The van der Waals surface area contributed by atoms with Crippen molar-refractivity contribution in [2.45, 2.75) is 18.0 Å². The van der Waals surface area contributed by atoms with Crippen LogP contribution in [-0.2, 0) is 15.9 Å². The van der Waals surface area contributed by atoms with Crippen LogP contribution in [0.3, 0.4) is 0 Å². The second-order valence-electron chi connectivity index (χ2n) is 4.70. The zero-order chi connectivity index (χ0) is 15.3. The van der Waals surface area contributed by atoms with Crippen molar-refractivity contribution in [3.05, 3.63) is 59.7 Å². The van der Waals surface area contributed by atoms with Crippen LogP contribution in [0.2, 0.25) is 0 Å². The molecule has 1 unspecified atom stereocenters. The van der Waals surface area contributed by atoms with Gasteiger partial charge in [-0.3, -0.25) is 4.79 Å². The van der Waals surface area contributed by atoms with Gasteiger partial charge < -0.3 is 15.2 Å². The minimum absolute atomic E-state index is 0.401. The number of halogens is 1. The molecular weight excluding hydrogens is 334 g/mol. The van der Waals surface area contributed by atoms with Gasteiger partial charge in [-0.05, 0) is 46.1 Å². The highest BCUT2D eigenvalue weighted by Crippen LogP contribution is 2.34. The Bertz CT molecular complexity index is 609. The minimum Gasteiger partial charge on any atom is -0.487 e. The Morgan fingerprint density at radius 3 is 2.62 bits per heavy atom. The first kappa shape index (κ1) is 15.5. The minimum atomic E-state index is -1.16. The van der Waals surface area contributed by atoms with Crippen LogP contribution in [0.15, 0.2) is 48.5 Å². The van der Waals surface area contributed by atoms with Crippen molar-refractivity contribution < 1.29 is 14.6 Å². The Morgan fingerprint density at radius 1 is 1.29 bits per heavy atom. The lowest BCUT2D eigenvalue weighted by molar-refractivity contribution is -0.105. The summed E-state index contributed by atoms with van der Waals surface area (Å²) in [4.78, 5) is 10.7. The lowest BCUT2D eigenvalue weighted by Gasteiger charge is -2.18. The summed E-state index contributed by atoms with van der Waals surface area (Å²) in [6.07, 6.45) is 0.581. The molecule has 5 heteroatoms. The number of alkyl halides is 1. The van der Waals surface area contributed by atoms with Gasteiger partial charge in [0.2, 0.25) is 6.41 Å². The predicted octanol–water partition coefficient (Wildman–Crippen LogP) is 3.39.